The van der Waals surface area contributed by atoms with Gasteiger partial charge in [-0.1, -0.05) is 42.5 Å². The highest BCUT2D eigenvalue weighted by Gasteiger charge is 2.24. The summed E-state index contributed by atoms with van der Waals surface area (Å²) in [5.41, 5.74) is 1.86. The number of amides is 1. The Morgan fingerprint density at radius 2 is 1.60 bits per heavy atom. The van der Waals surface area contributed by atoms with E-state index in [-0.39, 0.29) is 16.8 Å². The van der Waals surface area contributed by atoms with Crippen LogP contribution < -0.4 is 10.8 Å². The lowest BCUT2D eigenvalue weighted by Crippen LogP contribution is -2.16. The first-order chi connectivity index (χ1) is 11.9. The lowest BCUT2D eigenvalue weighted by atomic mass is 10.1. The third-order valence-electron chi connectivity index (χ3n) is 3.65. The number of carbonyl (C=O) groups excluding carboxylic acids is 1. The van der Waals surface area contributed by atoms with Gasteiger partial charge in [0.2, 0.25) is 0 Å². The van der Waals surface area contributed by atoms with Gasteiger partial charge in [-0.25, -0.2) is 0 Å². The quantitative estimate of drug-likeness (QED) is 0.421. The molecule has 0 aliphatic rings. The van der Waals surface area contributed by atoms with Crippen molar-refractivity contribution >= 4 is 38.2 Å². The molecule has 4 N–H and O–H groups in total. The first-order valence-corrected chi connectivity index (χ1v) is 8.65. The van der Waals surface area contributed by atoms with Crippen LogP contribution in [-0.4, -0.2) is 24.1 Å². The maximum atomic E-state index is 12.4. The van der Waals surface area contributed by atoms with Crippen LogP contribution in [0.5, 0.6) is 0 Å². The molecule has 0 saturated carbocycles. The molecule has 128 valence electrons. The molecule has 0 heterocycles. The molecule has 0 aliphatic heterocycles. The third kappa shape index (κ3) is 3.31. The zero-order valence-corrected chi connectivity index (χ0v) is 13.6. The van der Waals surface area contributed by atoms with Gasteiger partial charge < -0.3 is 5.32 Å². The molecule has 0 saturated heterocycles. The van der Waals surface area contributed by atoms with Crippen LogP contribution in [0.1, 0.15) is 10.4 Å². The highest BCUT2D eigenvalue weighted by Crippen LogP contribution is 2.37. The standard InChI is InChI=1S/C17H14N2O5S/c20-17(11-6-2-1-3-7-11)18-15-14(19-21)10-12-8-4-5-9-13(12)16(15)25(22,23)24/h1-10,19,21H,(H,18,20)(H,22,23,24). The molecular weight excluding hydrogens is 344 g/mol. The molecule has 7 nitrogen and oxygen atoms in total. The number of rotatable bonds is 4. The summed E-state index contributed by atoms with van der Waals surface area (Å²) in [6, 6.07) is 16.0. The van der Waals surface area contributed by atoms with E-state index >= 15 is 0 Å². The van der Waals surface area contributed by atoms with Crippen molar-refractivity contribution in [2.24, 2.45) is 0 Å². The van der Waals surface area contributed by atoms with E-state index in [0.717, 1.165) is 0 Å². The van der Waals surface area contributed by atoms with Crippen LogP contribution in [0.15, 0.2) is 65.6 Å². The zero-order valence-electron chi connectivity index (χ0n) is 12.8. The number of fused-ring (bicyclic) bond motifs is 1. The average molecular weight is 358 g/mol. The first kappa shape index (κ1) is 16.9. The Hall–Kier alpha value is -2.94. The fourth-order valence-electron chi connectivity index (χ4n) is 2.57. The minimum Gasteiger partial charge on any atom is -0.319 e. The summed E-state index contributed by atoms with van der Waals surface area (Å²) in [5, 5.41) is 12.5. The van der Waals surface area contributed by atoms with Crippen LogP contribution in [-0.2, 0) is 10.1 Å². The molecule has 0 radical (unpaired) electrons. The van der Waals surface area contributed by atoms with Crippen molar-refractivity contribution in [2.75, 3.05) is 10.8 Å². The molecule has 0 fully saturated rings. The van der Waals surface area contributed by atoms with Gasteiger partial charge in [-0.3, -0.25) is 20.0 Å². The Balaban J connectivity index is 2.24. The number of nitrogens with one attached hydrogen (secondary N) is 2. The van der Waals surface area contributed by atoms with E-state index in [0.29, 0.717) is 10.9 Å². The zero-order chi connectivity index (χ0) is 18.0. The molecule has 0 unspecified atom stereocenters. The SMILES string of the molecule is O=C(Nc1c(NO)cc2ccccc2c1S(=O)(=O)O)c1ccccc1. The lowest BCUT2D eigenvalue weighted by Gasteiger charge is -2.16. The predicted molar refractivity (Wildman–Crippen MR) is 93.6 cm³/mol. The van der Waals surface area contributed by atoms with E-state index in [9.17, 15) is 23.0 Å². The minimum atomic E-state index is -4.69. The molecule has 25 heavy (non-hydrogen) atoms. The summed E-state index contributed by atoms with van der Waals surface area (Å²) in [6.45, 7) is 0. The molecule has 0 bridgehead atoms. The second kappa shape index (κ2) is 6.52. The summed E-state index contributed by atoms with van der Waals surface area (Å²) in [4.78, 5) is 11.9. The Kier molecular flexibility index (Phi) is 4.41. The largest absolute Gasteiger partial charge is 0.319 e. The fourth-order valence-corrected chi connectivity index (χ4v) is 3.45. The van der Waals surface area contributed by atoms with Gasteiger partial charge in [-0.15, -0.1) is 0 Å². The van der Waals surface area contributed by atoms with Crippen LogP contribution in [0.3, 0.4) is 0 Å². The highest BCUT2D eigenvalue weighted by atomic mass is 32.2. The lowest BCUT2D eigenvalue weighted by molar-refractivity contribution is 0.102. The van der Waals surface area contributed by atoms with E-state index in [1.54, 1.807) is 48.5 Å². The predicted octanol–water partition coefficient (Wildman–Crippen LogP) is 3.14. The van der Waals surface area contributed by atoms with Crippen molar-refractivity contribution in [3.63, 3.8) is 0 Å². The molecule has 3 aromatic carbocycles. The number of hydrogen-bond donors (Lipinski definition) is 4. The van der Waals surface area contributed by atoms with Crippen LogP contribution in [0.25, 0.3) is 10.8 Å². The van der Waals surface area contributed by atoms with Crippen LogP contribution in [0, 0.1) is 0 Å². The second-order valence-corrected chi connectivity index (χ2v) is 6.61. The molecule has 3 rings (SSSR count). The summed E-state index contributed by atoms with van der Waals surface area (Å²) < 4.78 is 33.6. The molecule has 0 spiro atoms. The van der Waals surface area contributed by atoms with Gasteiger partial charge in [0.1, 0.15) is 4.90 Å². The van der Waals surface area contributed by atoms with Gasteiger partial charge in [0.05, 0.1) is 11.4 Å². The molecule has 3 aromatic rings. The van der Waals surface area contributed by atoms with Crippen molar-refractivity contribution < 1.29 is 23.0 Å². The summed E-state index contributed by atoms with van der Waals surface area (Å²) in [5.74, 6) is -0.586. The Bertz CT molecular complexity index is 1050. The van der Waals surface area contributed by atoms with Crippen molar-refractivity contribution in [1.82, 2.24) is 0 Å². The maximum Gasteiger partial charge on any atom is 0.297 e. The van der Waals surface area contributed by atoms with Crippen LogP contribution >= 0.6 is 0 Å². The van der Waals surface area contributed by atoms with Crippen LogP contribution in [0.2, 0.25) is 0 Å². The topological polar surface area (TPSA) is 116 Å². The summed E-state index contributed by atoms with van der Waals surface area (Å²) in [6.07, 6.45) is 0. The minimum absolute atomic E-state index is 0.0596. The smallest absolute Gasteiger partial charge is 0.297 e. The molecule has 8 heteroatoms. The normalized spacial score (nSPS) is 11.3. The fraction of sp³-hybridized carbons (Fsp3) is 0. The average Bonchev–Trinajstić information content (AvgIpc) is 2.60. The molecule has 1 amide bonds. The van der Waals surface area contributed by atoms with Gasteiger partial charge in [0, 0.05) is 10.9 Å². The van der Waals surface area contributed by atoms with Crippen LogP contribution in [0.4, 0.5) is 11.4 Å². The number of anilines is 2. The van der Waals surface area contributed by atoms with E-state index in [2.05, 4.69) is 5.32 Å². The summed E-state index contributed by atoms with van der Waals surface area (Å²) >= 11 is 0. The maximum absolute atomic E-state index is 12.4. The Morgan fingerprint density at radius 1 is 0.960 bits per heavy atom. The van der Waals surface area contributed by atoms with E-state index < -0.39 is 20.9 Å². The molecule has 0 atom stereocenters. The number of carbonyl (C=O) groups is 1. The van der Waals surface area contributed by atoms with Crippen molar-refractivity contribution in [1.29, 1.82) is 0 Å². The summed E-state index contributed by atoms with van der Waals surface area (Å²) in [7, 11) is -4.69. The number of hydrogen-bond acceptors (Lipinski definition) is 5. The van der Waals surface area contributed by atoms with E-state index in [1.165, 1.54) is 12.1 Å². The van der Waals surface area contributed by atoms with Crippen molar-refractivity contribution in [3.8, 4) is 0 Å². The molecular formula is C17H14N2O5S. The van der Waals surface area contributed by atoms with Gasteiger partial charge in [0.15, 0.2) is 0 Å². The molecule has 0 aliphatic carbocycles. The molecule has 0 aromatic heterocycles. The van der Waals surface area contributed by atoms with Gasteiger partial charge >= 0.3 is 0 Å². The van der Waals surface area contributed by atoms with Crippen molar-refractivity contribution in [2.45, 2.75) is 4.90 Å². The van der Waals surface area contributed by atoms with Crippen molar-refractivity contribution in [3.05, 3.63) is 66.2 Å². The Labute approximate surface area is 143 Å². The first-order valence-electron chi connectivity index (χ1n) is 7.21. The highest BCUT2D eigenvalue weighted by molar-refractivity contribution is 7.86. The van der Waals surface area contributed by atoms with E-state index in [4.69, 9.17) is 0 Å². The second-order valence-electron chi connectivity index (χ2n) is 5.26. The van der Waals surface area contributed by atoms with E-state index in [1.807, 2.05) is 5.48 Å². The van der Waals surface area contributed by atoms with Gasteiger partial charge in [-0.2, -0.15) is 8.42 Å². The van der Waals surface area contributed by atoms with Gasteiger partial charge in [0.25, 0.3) is 16.0 Å². The third-order valence-corrected chi connectivity index (χ3v) is 4.59. The number of benzene rings is 3. The Morgan fingerprint density at radius 3 is 2.24 bits per heavy atom. The monoisotopic (exact) mass is 358 g/mol. The van der Waals surface area contributed by atoms with Gasteiger partial charge in [-0.05, 0) is 23.6 Å².